The van der Waals surface area contributed by atoms with Gasteiger partial charge in [0.25, 0.3) is 5.91 Å². The molecule has 1 aliphatic heterocycles. The first kappa shape index (κ1) is 19.3. The van der Waals surface area contributed by atoms with Gasteiger partial charge in [0.15, 0.2) is 11.5 Å². The zero-order chi connectivity index (χ0) is 20.2. The molecule has 1 aliphatic rings. The van der Waals surface area contributed by atoms with Crippen molar-refractivity contribution < 1.29 is 9.59 Å². The number of nitrogens with zero attached hydrogens (tertiary/aromatic N) is 5. The maximum absolute atomic E-state index is 13.3. The lowest BCUT2D eigenvalue weighted by Crippen LogP contribution is -2.37. The van der Waals surface area contributed by atoms with E-state index in [4.69, 9.17) is 0 Å². The monoisotopic (exact) mass is 407 g/mol. The Morgan fingerprint density at radius 3 is 2.72 bits per heavy atom. The van der Waals surface area contributed by atoms with Crippen LogP contribution in [0.2, 0.25) is 0 Å². The Hall–Kier alpha value is -3.00. The number of hydrogen-bond donors (Lipinski definition) is 0. The predicted molar refractivity (Wildman–Crippen MR) is 109 cm³/mol. The molecule has 148 valence electrons. The fourth-order valence-corrected chi connectivity index (χ4v) is 4.36. The van der Waals surface area contributed by atoms with Crippen molar-refractivity contribution in [3.63, 3.8) is 0 Å². The van der Waals surface area contributed by atoms with Crippen molar-refractivity contribution >= 4 is 23.5 Å². The molecule has 0 bridgehead atoms. The number of carbonyl (C=O) groups is 2. The molecule has 2 aromatic heterocycles. The van der Waals surface area contributed by atoms with Crippen LogP contribution in [0.15, 0.2) is 65.0 Å². The molecule has 0 N–H and O–H groups in total. The van der Waals surface area contributed by atoms with Gasteiger partial charge in [-0.2, -0.15) is 5.10 Å². The standard InChI is InChI=1S/C21H21N5O2S/c1-25-14-15(13-24-25)18(27)12-16-6-5-11-26(16)21(28)19-20(23-10-9-22-19)29-17-7-3-2-4-8-17/h2-4,7-10,13-14,16H,5-6,11-12H2,1H3. The molecule has 4 rings (SSSR count). The highest BCUT2D eigenvalue weighted by Crippen LogP contribution is 2.30. The van der Waals surface area contributed by atoms with E-state index in [0.29, 0.717) is 29.2 Å². The zero-order valence-corrected chi connectivity index (χ0v) is 16.9. The van der Waals surface area contributed by atoms with Crippen molar-refractivity contribution in [2.24, 2.45) is 7.05 Å². The van der Waals surface area contributed by atoms with Gasteiger partial charge in [0.2, 0.25) is 0 Å². The number of likely N-dealkylation sites (tertiary alicyclic amines) is 1. The van der Waals surface area contributed by atoms with Crippen LogP contribution in [-0.2, 0) is 7.05 Å². The number of aryl methyl sites for hydroxylation is 1. The van der Waals surface area contributed by atoms with Gasteiger partial charge in [-0.1, -0.05) is 30.0 Å². The fraction of sp³-hybridized carbons (Fsp3) is 0.286. The normalized spacial score (nSPS) is 16.2. The number of ketones is 1. The summed E-state index contributed by atoms with van der Waals surface area (Å²) < 4.78 is 1.61. The van der Waals surface area contributed by atoms with Crippen LogP contribution >= 0.6 is 11.8 Å². The molecule has 0 spiro atoms. The van der Waals surface area contributed by atoms with Gasteiger partial charge in [0, 0.05) is 49.5 Å². The first-order chi connectivity index (χ1) is 14.1. The molecule has 8 heteroatoms. The van der Waals surface area contributed by atoms with Crippen LogP contribution in [0.25, 0.3) is 0 Å². The van der Waals surface area contributed by atoms with Crippen LogP contribution in [0.4, 0.5) is 0 Å². The van der Waals surface area contributed by atoms with Gasteiger partial charge in [-0.05, 0) is 25.0 Å². The Labute approximate surface area is 173 Å². The van der Waals surface area contributed by atoms with E-state index in [-0.39, 0.29) is 17.7 Å². The molecule has 0 saturated carbocycles. The van der Waals surface area contributed by atoms with E-state index in [1.54, 1.807) is 35.2 Å². The summed E-state index contributed by atoms with van der Waals surface area (Å²) >= 11 is 1.42. The Bertz CT molecular complexity index is 1020. The van der Waals surface area contributed by atoms with Gasteiger partial charge < -0.3 is 4.90 Å². The SMILES string of the molecule is Cn1cc(C(=O)CC2CCCN2C(=O)c2nccnc2Sc2ccccc2)cn1. The summed E-state index contributed by atoms with van der Waals surface area (Å²) in [6.45, 7) is 0.621. The average molecular weight is 407 g/mol. The maximum atomic E-state index is 13.3. The minimum atomic E-state index is -0.169. The minimum absolute atomic E-state index is 0.000768. The van der Waals surface area contributed by atoms with Crippen LogP contribution in [0, 0.1) is 0 Å². The molecule has 1 atom stereocenters. The molecule has 29 heavy (non-hydrogen) atoms. The first-order valence-corrected chi connectivity index (χ1v) is 10.3. The van der Waals surface area contributed by atoms with Crippen molar-refractivity contribution in [1.29, 1.82) is 0 Å². The maximum Gasteiger partial charge on any atom is 0.275 e. The summed E-state index contributed by atoms with van der Waals surface area (Å²) in [6, 6.07) is 9.65. The van der Waals surface area contributed by atoms with Gasteiger partial charge in [0.05, 0.1) is 11.8 Å². The van der Waals surface area contributed by atoms with E-state index >= 15 is 0 Å². The molecule has 1 amide bonds. The number of aromatic nitrogens is 4. The van der Waals surface area contributed by atoms with Crippen molar-refractivity contribution in [3.05, 3.63) is 66.4 Å². The van der Waals surface area contributed by atoms with Gasteiger partial charge in [0.1, 0.15) is 5.03 Å². The van der Waals surface area contributed by atoms with E-state index in [9.17, 15) is 9.59 Å². The second-order valence-electron chi connectivity index (χ2n) is 6.95. The lowest BCUT2D eigenvalue weighted by molar-refractivity contribution is 0.0707. The molecule has 1 saturated heterocycles. The van der Waals surface area contributed by atoms with Gasteiger partial charge >= 0.3 is 0 Å². The molecule has 0 radical (unpaired) electrons. The van der Waals surface area contributed by atoms with Crippen LogP contribution in [0.3, 0.4) is 0 Å². The van der Waals surface area contributed by atoms with Gasteiger partial charge in [-0.15, -0.1) is 0 Å². The van der Waals surface area contributed by atoms with E-state index in [0.717, 1.165) is 17.7 Å². The zero-order valence-electron chi connectivity index (χ0n) is 16.1. The molecular weight excluding hydrogens is 386 g/mol. The lowest BCUT2D eigenvalue weighted by atomic mass is 10.0. The number of carbonyl (C=O) groups excluding carboxylic acids is 2. The molecule has 1 fully saturated rings. The molecule has 1 aromatic carbocycles. The Morgan fingerprint density at radius 2 is 1.97 bits per heavy atom. The average Bonchev–Trinajstić information content (AvgIpc) is 3.38. The largest absolute Gasteiger partial charge is 0.334 e. The van der Waals surface area contributed by atoms with Gasteiger partial charge in [-0.3, -0.25) is 14.3 Å². The summed E-state index contributed by atoms with van der Waals surface area (Å²) in [5, 5.41) is 4.64. The van der Waals surface area contributed by atoms with Crippen molar-refractivity contribution in [1.82, 2.24) is 24.6 Å². The Balaban J connectivity index is 1.52. The molecule has 3 aromatic rings. The summed E-state index contributed by atoms with van der Waals surface area (Å²) in [7, 11) is 1.78. The van der Waals surface area contributed by atoms with Crippen LogP contribution in [0.5, 0.6) is 0 Å². The van der Waals surface area contributed by atoms with E-state index in [1.165, 1.54) is 18.0 Å². The molecule has 0 aliphatic carbocycles. The van der Waals surface area contributed by atoms with Gasteiger partial charge in [-0.25, -0.2) is 9.97 Å². The summed E-state index contributed by atoms with van der Waals surface area (Å²) in [5.74, 6) is -0.168. The highest BCUT2D eigenvalue weighted by Gasteiger charge is 2.33. The smallest absolute Gasteiger partial charge is 0.275 e. The summed E-state index contributed by atoms with van der Waals surface area (Å²) in [4.78, 5) is 37.3. The number of Topliss-reactive ketones (excluding diaryl/α,β-unsaturated/α-hetero) is 1. The molecule has 7 nitrogen and oxygen atoms in total. The highest BCUT2D eigenvalue weighted by molar-refractivity contribution is 7.99. The van der Waals surface area contributed by atoms with Crippen LogP contribution in [-0.4, -0.2) is 48.9 Å². The van der Waals surface area contributed by atoms with Crippen LogP contribution in [0.1, 0.15) is 40.1 Å². The second-order valence-corrected chi connectivity index (χ2v) is 8.01. The van der Waals surface area contributed by atoms with Crippen molar-refractivity contribution in [3.8, 4) is 0 Å². The van der Waals surface area contributed by atoms with E-state index in [1.807, 2.05) is 30.3 Å². The third-order valence-electron chi connectivity index (χ3n) is 4.91. The Morgan fingerprint density at radius 1 is 1.17 bits per heavy atom. The third kappa shape index (κ3) is 4.37. The number of benzene rings is 1. The van der Waals surface area contributed by atoms with Crippen LogP contribution < -0.4 is 0 Å². The molecule has 3 heterocycles. The van der Waals surface area contributed by atoms with E-state index in [2.05, 4.69) is 15.1 Å². The molecule has 1 unspecified atom stereocenters. The first-order valence-electron chi connectivity index (χ1n) is 9.48. The topological polar surface area (TPSA) is 81.0 Å². The lowest BCUT2D eigenvalue weighted by Gasteiger charge is -2.24. The fourth-order valence-electron chi connectivity index (χ4n) is 3.50. The van der Waals surface area contributed by atoms with Crippen molar-refractivity contribution in [2.45, 2.75) is 35.2 Å². The van der Waals surface area contributed by atoms with Crippen molar-refractivity contribution in [2.75, 3.05) is 6.54 Å². The quantitative estimate of drug-likeness (QED) is 0.584. The number of hydrogen-bond acceptors (Lipinski definition) is 6. The summed E-state index contributed by atoms with van der Waals surface area (Å²) in [6.07, 6.45) is 8.38. The number of amides is 1. The molecular formula is C21H21N5O2S. The second kappa shape index (κ2) is 8.57. The minimum Gasteiger partial charge on any atom is -0.334 e. The predicted octanol–water partition coefficient (Wildman–Crippen LogP) is 3.24. The highest BCUT2D eigenvalue weighted by atomic mass is 32.2. The number of rotatable bonds is 6. The van der Waals surface area contributed by atoms with E-state index < -0.39 is 0 Å². The third-order valence-corrected chi connectivity index (χ3v) is 5.91. The summed E-state index contributed by atoms with van der Waals surface area (Å²) in [5.41, 5.74) is 0.911. The Kier molecular flexibility index (Phi) is 5.71.